The Morgan fingerprint density at radius 1 is 0.742 bits per heavy atom. The molecule has 31 heavy (non-hydrogen) atoms. The van der Waals surface area contributed by atoms with E-state index in [1.807, 2.05) is 0 Å². The van der Waals surface area contributed by atoms with Crippen molar-refractivity contribution in [1.29, 1.82) is 0 Å². The summed E-state index contributed by atoms with van der Waals surface area (Å²) in [6, 6.07) is 0. The average molecular weight is 609 g/mol. The minimum absolute atomic E-state index is 0.269. The van der Waals surface area contributed by atoms with E-state index in [1.54, 1.807) is 50.4 Å². The van der Waals surface area contributed by atoms with Crippen LogP contribution >= 0.6 is 0 Å². The van der Waals surface area contributed by atoms with E-state index in [1.165, 1.54) is 0 Å². The van der Waals surface area contributed by atoms with Crippen molar-refractivity contribution < 1.29 is 60.7 Å². The van der Waals surface area contributed by atoms with Crippen LogP contribution in [0.25, 0.3) is 0 Å². The van der Waals surface area contributed by atoms with Gasteiger partial charge in [0.2, 0.25) is 0 Å². The maximum atomic E-state index is 14.0. The standard InChI is InChI=1S/C8H4F9Ge.3C3H8N.Zr/c9-6(10,11)18(7(12,13)14,8(15,16)17)5-3-1-2-4-5;3*1-3-4-2;/h1,3H,2H2;3*3H2,1-2H3;/q;3*-1;+3. The molecule has 0 amide bonds. The molecule has 0 unspecified atom stereocenters. The quantitative estimate of drug-likeness (QED) is 0.275. The average Bonchev–Trinajstić information content (AvgIpc) is 3.07. The summed E-state index contributed by atoms with van der Waals surface area (Å²) >= 11 is -13.5. The molecule has 3 nitrogen and oxygen atoms in total. The number of nitrogens with zero attached hydrogens (tertiary/aromatic N) is 3. The van der Waals surface area contributed by atoms with Crippen molar-refractivity contribution >= 4 is 13.3 Å². The molecule has 1 aliphatic carbocycles. The van der Waals surface area contributed by atoms with E-state index in [0.29, 0.717) is 6.08 Å². The van der Waals surface area contributed by atoms with Gasteiger partial charge in [-0.15, -0.1) is 0 Å². The third-order valence-corrected chi connectivity index (χ3v) is 28.7. The van der Waals surface area contributed by atoms with Gasteiger partial charge in [0.25, 0.3) is 0 Å². The first-order valence-corrected chi connectivity index (χ1v) is 18.4. The van der Waals surface area contributed by atoms with Crippen molar-refractivity contribution in [2.45, 2.75) is 42.2 Å². The maximum absolute atomic E-state index is 14.0. The fraction of sp³-hybridized carbons (Fsp3) is 0.765. The number of halogens is 9. The molecule has 0 fully saturated rings. The van der Waals surface area contributed by atoms with Crippen LogP contribution in [0.1, 0.15) is 27.2 Å². The number of allylic oxidation sites excluding steroid dienone is 4. The first-order valence-electron chi connectivity index (χ1n) is 9.67. The van der Waals surface area contributed by atoms with Crippen LogP contribution < -0.4 is 0 Å². The van der Waals surface area contributed by atoms with E-state index < -0.39 is 53.8 Å². The summed E-state index contributed by atoms with van der Waals surface area (Å²) in [4.78, 5) is 0. The molecule has 0 radical (unpaired) electrons. The van der Waals surface area contributed by atoms with E-state index in [2.05, 4.69) is 0 Å². The molecule has 0 aromatic rings. The molecule has 0 spiro atoms. The molecular weight excluding hydrogens is 581 g/mol. The zero-order valence-electron chi connectivity index (χ0n) is 18.2. The fourth-order valence-electron chi connectivity index (χ4n) is 4.34. The third-order valence-electron chi connectivity index (χ3n) is 6.04. The molecule has 0 saturated heterocycles. The second-order valence-corrected chi connectivity index (χ2v) is 25.5. The van der Waals surface area contributed by atoms with E-state index in [9.17, 15) is 39.5 Å². The van der Waals surface area contributed by atoms with Crippen LogP contribution in [0.15, 0.2) is 19.8 Å². The van der Waals surface area contributed by atoms with Gasteiger partial charge in [-0.2, -0.15) is 0 Å². The summed E-state index contributed by atoms with van der Waals surface area (Å²) in [7, 11) is 4.71. The second kappa shape index (κ2) is 9.80. The van der Waals surface area contributed by atoms with Crippen molar-refractivity contribution in [3.8, 4) is 0 Å². The number of hydrogen-bond donors (Lipinski definition) is 0. The van der Waals surface area contributed by atoms with Gasteiger partial charge in [0, 0.05) is 0 Å². The van der Waals surface area contributed by atoms with Gasteiger partial charge in [-0.25, -0.2) is 0 Å². The summed E-state index contributed by atoms with van der Waals surface area (Å²) in [5.74, 6) is 0. The van der Waals surface area contributed by atoms with Crippen LogP contribution in [0, 0.1) is 0 Å². The van der Waals surface area contributed by atoms with E-state index in [4.69, 9.17) is 0 Å². The second-order valence-electron chi connectivity index (χ2n) is 7.42. The fourth-order valence-corrected chi connectivity index (χ4v) is 27.7. The zero-order chi connectivity index (χ0) is 24.6. The molecule has 1 aliphatic rings. The van der Waals surface area contributed by atoms with Crippen molar-refractivity contribution in [1.82, 2.24) is 8.53 Å². The molecule has 0 heterocycles. The van der Waals surface area contributed by atoms with Gasteiger partial charge in [-0.3, -0.25) is 0 Å². The Hall–Kier alpha value is 0.156. The van der Waals surface area contributed by atoms with Gasteiger partial charge in [0.1, 0.15) is 0 Å². The van der Waals surface area contributed by atoms with Gasteiger partial charge in [0.15, 0.2) is 0 Å². The molecule has 0 aromatic carbocycles. The topological polar surface area (TPSA) is 9.72 Å². The van der Waals surface area contributed by atoms with Crippen LogP contribution in [0.2, 0.25) is 0 Å². The molecule has 0 saturated carbocycles. The Bertz CT molecular complexity index is 638. The predicted molar refractivity (Wildman–Crippen MR) is 99.6 cm³/mol. The van der Waals surface area contributed by atoms with E-state index in [-0.39, 0.29) is 29.3 Å². The Kier molecular flexibility index (Phi) is 9.22. The molecule has 1 rings (SSSR count). The Morgan fingerprint density at radius 2 is 1.06 bits per heavy atom. The van der Waals surface area contributed by atoms with Gasteiger partial charge in [-0.05, 0) is 0 Å². The normalized spacial score (nSPS) is 17.1. The van der Waals surface area contributed by atoms with Crippen LogP contribution in [0.4, 0.5) is 39.5 Å². The minimum atomic E-state index is -8.78. The van der Waals surface area contributed by atoms with Crippen molar-refractivity contribution in [3.05, 3.63) is 19.8 Å². The molecular formula is C17H28F9GeN3Zr. The molecule has 0 N–H and O–H groups in total. The monoisotopic (exact) mass is 609 g/mol. The first-order chi connectivity index (χ1) is 13.9. The molecule has 0 aromatic heterocycles. The van der Waals surface area contributed by atoms with Gasteiger partial charge in [-0.1, -0.05) is 0 Å². The number of hydrogen-bond acceptors (Lipinski definition) is 3. The Morgan fingerprint density at radius 3 is 1.32 bits per heavy atom. The van der Waals surface area contributed by atoms with Crippen molar-refractivity contribution in [2.75, 3.05) is 40.8 Å². The zero-order valence-corrected chi connectivity index (χ0v) is 22.8. The summed E-state index contributed by atoms with van der Waals surface area (Å²) < 4.78 is 129. The van der Waals surface area contributed by atoms with Crippen LogP contribution in [-0.2, 0) is 21.1 Å². The summed E-state index contributed by atoms with van der Waals surface area (Å²) in [6.07, 6.45) is 1.14. The summed E-state index contributed by atoms with van der Waals surface area (Å²) in [5, 5.41) is -19.3. The molecule has 0 bridgehead atoms. The number of alkyl halides is 9. The van der Waals surface area contributed by atoms with Gasteiger partial charge >= 0.3 is 185 Å². The Labute approximate surface area is 184 Å². The predicted octanol–water partition coefficient (Wildman–Crippen LogP) is 5.25. The van der Waals surface area contributed by atoms with Crippen molar-refractivity contribution in [2.24, 2.45) is 0 Å². The molecule has 14 heteroatoms. The van der Waals surface area contributed by atoms with Crippen LogP contribution in [0.3, 0.4) is 0 Å². The van der Waals surface area contributed by atoms with E-state index in [0.717, 1.165) is 6.08 Å². The SMILES string of the molecule is CC[N](C)[Zr]([C]1=[C]([Ge]([C](F)(F)F)([C](F)(F)F)[C](F)(F)F)C=CC1)([N](C)CC)[N](C)CC. The number of rotatable bonds is 8. The molecule has 182 valence electrons. The van der Waals surface area contributed by atoms with Gasteiger partial charge < -0.3 is 0 Å². The van der Waals surface area contributed by atoms with E-state index >= 15 is 0 Å². The van der Waals surface area contributed by atoms with Crippen LogP contribution in [-0.4, -0.2) is 77.6 Å². The first kappa shape index (κ1) is 29.2. The summed E-state index contributed by atoms with van der Waals surface area (Å²) in [6.45, 7) is 5.87. The summed E-state index contributed by atoms with van der Waals surface area (Å²) in [5.41, 5.74) is 0. The Balaban J connectivity index is 4.29. The molecule has 0 aliphatic heterocycles. The molecule has 0 atom stereocenters. The third kappa shape index (κ3) is 4.47. The van der Waals surface area contributed by atoms with Gasteiger partial charge in [0.05, 0.1) is 0 Å². The van der Waals surface area contributed by atoms with Crippen molar-refractivity contribution in [3.63, 3.8) is 0 Å². The van der Waals surface area contributed by atoms with Crippen LogP contribution in [0.5, 0.6) is 0 Å².